The molecule has 0 aliphatic heterocycles. The van der Waals surface area contributed by atoms with Crippen LogP contribution in [0.3, 0.4) is 0 Å². The van der Waals surface area contributed by atoms with E-state index in [2.05, 4.69) is 18.8 Å². The largest absolute Gasteiger partial charge is 0.383 e. The van der Waals surface area contributed by atoms with Crippen molar-refractivity contribution in [3.05, 3.63) is 16.1 Å². The monoisotopic (exact) mass is 335 g/mol. The SMILES string of the molecule is CCC(CC)N(CCOC)C(=O)c1csc(CCN)n1.Cl. The number of carbonyl (C=O) groups is 1. The molecule has 21 heavy (non-hydrogen) atoms. The lowest BCUT2D eigenvalue weighted by atomic mass is 10.1. The predicted octanol–water partition coefficient (Wildman–Crippen LogP) is 2.34. The molecular weight excluding hydrogens is 310 g/mol. The Hall–Kier alpha value is -0.690. The van der Waals surface area contributed by atoms with Crippen LogP contribution in [0.1, 0.15) is 42.2 Å². The summed E-state index contributed by atoms with van der Waals surface area (Å²) in [5.41, 5.74) is 6.05. The molecule has 1 heterocycles. The molecule has 1 amide bonds. The first-order valence-electron chi connectivity index (χ1n) is 7.12. The maximum atomic E-state index is 12.6. The highest BCUT2D eigenvalue weighted by molar-refractivity contribution is 7.09. The van der Waals surface area contributed by atoms with E-state index in [0.717, 1.165) is 24.3 Å². The first kappa shape index (κ1) is 20.3. The van der Waals surface area contributed by atoms with Gasteiger partial charge in [-0.15, -0.1) is 23.7 Å². The van der Waals surface area contributed by atoms with Gasteiger partial charge in [0.05, 0.1) is 11.6 Å². The van der Waals surface area contributed by atoms with Gasteiger partial charge in [-0.3, -0.25) is 4.79 Å². The number of hydrogen-bond acceptors (Lipinski definition) is 5. The van der Waals surface area contributed by atoms with Crippen LogP contribution in [0.15, 0.2) is 5.38 Å². The minimum Gasteiger partial charge on any atom is -0.383 e. The smallest absolute Gasteiger partial charge is 0.273 e. The van der Waals surface area contributed by atoms with Gasteiger partial charge in [-0.1, -0.05) is 13.8 Å². The van der Waals surface area contributed by atoms with E-state index < -0.39 is 0 Å². The molecule has 0 bridgehead atoms. The Labute approximate surface area is 137 Å². The fraction of sp³-hybridized carbons (Fsp3) is 0.714. The Morgan fingerprint density at radius 3 is 2.67 bits per heavy atom. The molecular formula is C14H26ClN3O2S. The number of rotatable bonds is 9. The van der Waals surface area contributed by atoms with Crippen LogP contribution in [0, 0.1) is 0 Å². The van der Waals surface area contributed by atoms with Crippen molar-refractivity contribution >= 4 is 29.7 Å². The highest BCUT2D eigenvalue weighted by Gasteiger charge is 2.24. The Morgan fingerprint density at radius 1 is 1.48 bits per heavy atom. The molecule has 0 saturated carbocycles. The number of nitrogens with two attached hydrogens (primary N) is 1. The molecule has 0 saturated heterocycles. The lowest BCUT2D eigenvalue weighted by Crippen LogP contribution is -2.42. The Balaban J connectivity index is 0.00000400. The molecule has 0 aliphatic rings. The third-order valence-electron chi connectivity index (χ3n) is 3.31. The molecule has 0 spiro atoms. The summed E-state index contributed by atoms with van der Waals surface area (Å²) >= 11 is 1.50. The van der Waals surface area contributed by atoms with Gasteiger partial charge in [-0.25, -0.2) is 4.98 Å². The maximum Gasteiger partial charge on any atom is 0.273 e. The van der Waals surface area contributed by atoms with E-state index in [4.69, 9.17) is 10.5 Å². The number of ether oxygens (including phenoxy) is 1. The minimum absolute atomic E-state index is 0. The number of nitrogens with zero attached hydrogens (tertiary/aromatic N) is 2. The van der Waals surface area contributed by atoms with Crippen LogP contribution < -0.4 is 5.73 Å². The van der Waals surface area contributed by atoms with E-state index in [9.17, 15) is 4.79 Å². The molecule has 1 rings (SSSR count). The zero-order chi connectivity index (χ0) is 15.0. The van der Waals surface area contributed by atoms with Crippen molar-refractivity contribution in [3.63, 3.8) is 0 Å². The van der Waals surface area contributed by atoms with Crippen LogP contribution in [-0.4, -0.2) is 48.6 Å². The maximum absolute atomic E-state index is 12.6. The Bertz CT molecular complexity index is 411. The number of halogens is 1. The predicted molar refractivity (Wildman–Crippen MR) is 89.4 cm³/mol. The highest BCUT2D eigenvalue weighted by atomic mass is 35.5. The Morgan fingerprint density at radius 2 is 2.14 bits per heavy atom. The van der Waals surface area contributed by atoms with Gasteiger partial charge in [0.1, 0.15) is 5.69 Å². The van der Waals surface area contributed by atoms with Crippen LogP contribution in [0.25, 0.3) is 0 Å². The lowest BCUT2D eigenvalue weighted by Gasteiger charge is -2.29. The number of hydrogen-bond donors (Lipinski definition) is 1. The van der Waals surface area contributed by atoms with Gasteiger partial charge in [-0.05, 0) is 19.4 Å². The van der Waals surface area contributed by atoms with E-state index >= 15 is 0 Å². The fourth-order valence-electron chi connectivity index (χ4n) is 2.16. The molecule has 0 aliphatic carbocycles. The van der Waals surface area contributed by atoms with Crippen molar-refractivity contribution < 1.29 is 9.53 Å². The molecule has 122 valence electrons. The number of thiazole rings is 1. The fourth-order valence-corrected chi connectivity index (χ4v) is 2.95. The number of carbonyl (C=O) groups excluding carboxylic acids is 1. The molecule has 0 atom stereocenters. The Kier molecular flexibility index (Phi) is 10.6. The van der Waals surface area contributed by atoms with Gasteiger partial charge >= 0.3 is 0 Å². The summed E-state index contributed by atoms with van der Waals surface area (Å²) in [6.07, 6.45) is 2.60. The van der Waals surface area contributed by atoms with Crippen LogP contribution in [0.5, 0.6) is 0 Å². The molecule has 1 aromatic heterocycles. The summed E-state index contributed by atoms with van der Waals surface area (Å²) in [5, 5.41) is 2.75. The average molecular weight is 336 g/mol. The summed E-state index contributed by atoms with van der Waals surface area (Å²) in [6, 6.07) is 0.234. The quantitative estimate of drug-likeness (QED) is 0.752. The number of amides is 1. The van der Waals surface area contributed by atoms with E-state index in [1.54, 1.807) is 7.11 Å². The van der Waals surface area contributed by atoms with Gasteiger partial charge < -0.3 is 15.4 Å². The van der Waals surface area contributed by atoms with Crippen molar-refractivity contribution in [3.8, 4) is 0 Å². The first-order chi connectivity index (χ1) is 9.67. The van der Waals surface area contributed by atoms with Gasteiger partial charge in [0.15, 0.2) is 0 Å². The molecule has 5 nitrogen and oxygen atoms in total. The zero-order valence-corrected chi connectivity index (χ0v) is 14.6. The zero-order valence-electron chi connectivity index (χ0n) is 13.0. The second kappa shape index (κ2) is 11.0. The van der Waals surface area contributed by atoms with Gasteiger partial charge in [-0.2, -0.15) is 0 Å². The van der Waals surface area contributed by atoms with Crippen LogP contribution in [0.2, 0.25) is 0 Å². The van der Waals surface area contributed by atoms with Crippen molar-refractivity contribution in [2.24, 2.45) is 5.73 Å². The summed E-state index contributed by atoms with van der Waals surface area (Å²) in [6.45, 7) is 5.90. The number of methoxy groups -OCH3 is 1. The minimum atomic E-state index is -0.00438. The average Bonchev–Trinajstić information content (AvgIpc) is 2.92. The second-order valence-electron chi connectivity index (χ2n) is 4.63. The summed E-state index contributed by atoms with van der Waals surface area (Å²) in [5.74, 6) is -0.00438. The molecule has 7 heteroatoms. The lowest BCUT2D eigenvalue weighted by molar-refractivity contribution is 0.0584. The van der Waals surface area contributed by atoms with E-state index in [-0.39, 0.29) is 24.4 Å². The van der Waals surface area contributed by atoms with Crippen molar-refractivity contribution in [2.45, 2.75) is 39.2 Å². The summed E-state index contributed by atoms with van der Waals surface area (Å²) in [4.78, 5) is 18.9. The van der Waals surface area contributed by atoms with E-state index in [0.29, 0.717) is 25.4 Å². The highest BCUT2D eigenvalue weighted by Crippen LogP contribution is 2.16. The third kappa shape index (κ3) is 5.90. The van der Waals surface area contributed by atoms with Crippen molar-refractivity contribution in [1.29, 1.82) is 0 Å². The van der Waals surface area contributed by atoms with Gasteiger partial charge in [0.2, 0.25) is 0 Å². The van der Waals surface area contributed by atoms with E-state index in [1.165, 1.54) is 11.3 Å². The standard InChI is InChI=1S/C14H25N3O2S.ClH/c1-4-11(5-2)17(8-9-19-3)14(18)12-10-20-13(16-12)6-7-15;/h10-11H,4-9,15H2,1-3H3;1H. The van der Waals surface area contributed by atoms with Crippen LogP contribution in [-0.2, 0) is 11.2 Å². The molecule has 1 aromatic rings. The normalized spacial score (nSPS) is 10.5. The number of aromatic nitrogens is 1. The van der Waals surface area contributed by atoms with Crippen molar-refractivity contribution in [2.75, 3.05) is 26.8 Å². The van der Waals surface area contributed by atoms with Crippen LogP contribution in [0.4, 0.5) is 0 Å². The van der Waals surface area contributed by atoms with E-state index in [1.807, 2.05) is 10.3 Å². The second-order valence-corrected chi connectivity index (χ2v) is 5.57. The molecule has 0 unspecified atom stereocenters. The third-order valence-corrected chi connectivity index (χ3v) is 4.22. The molecule has 0 fully saturated rings. The first-order valence-corrected chi connectivity index (χ1v) is 8.00. The molecule has 2 N–H and O–H groups in total. The molecule has 0 aromatic carbocycles. The topological polar surface area (TPSA) is 68.5 Å². The summed E-state index contributed by atoms with van der Waals surface area (Å²) in [7, 11) is 1.65. The van der Waals surface area contributed by atoms with Crippen LogP contribution >= 0.6 is 23.7 Å². The molecule has 0 radical (unpaired) electrons. The summed E-state index contributed by atoms with van der Waals surface area (Å²) < 4.78 is 5.11. The van der Waals surface area contributed by atoms with Gasteiger partial charge in [0.25, 0.3) is 5.91 Å². The van der Waals surface area contributed by atoms with Crippen molar-refractivity contribution in [1.82, 2.24) is 9.88 Å². The van der Waals surface area contributed by atoms with Gasteiger partial charge in [0, 0.05) is 31.5 Å².